The number of halogens is 1. The maximum absolute atomic E-state index is 14.5. The number of rotatable bonds is 3. The van der Waals surface area contributed by atoms with E-state index >= 15 is 0 Å². The van der Waals surface area contributed by atoms with Crippen LogP contribution in [-0.2, 0) is 16.6 Å². The van der Waals surface area contributed by atoms with Gasteiger partial charge in [0.25, 0.3) is 0 Å². The lowest BCUT2D eigenvalue weighted by Crippen LogP contribution is -2.46. The number of carbonyl (C=O) groups excluding carboxylic acids is 1. The number of fused-ring (bicyclic) bond motifs is 1. The molecule has 0 atom stereocenters. The number of nitrogens with zero attached hydrogens (tertiary/aromatic N) is 2. The summed E-state index contributed by atoms with van der Waals surface area (Å²) in [6, 6.07) is 2.95. The standard InChI is InChI=1S/C19H26FN3O4/c1-18(2,3)27-16(24)11-19(26)5-7-23(8-6-19)14-10-15-13(9-12(14)20)21-17(25)22(15)4/h9-10,26H,5-8,11H2,1-4H3,(H,21,25). The normalized spacial score (nSPS) is 17.3. The van der Waals surface area contributed by atoms with Crippen molar-refractivity contribution in [2.75, 3.05) is 18.0 Å². The van der Waals surface area contributed by atoms with E-state index in [2.05, 4.69) is 4.98 Å². The predicted molar refractivity (Wildman–Crippen MR) is 100 cm³/mol. The third-order valence-corrected chi connectivity index (χ3v) is 4.90. The van der Waals surface area contributed by atoms with Crippen molar-refractivity contribution in [1.29, 1.82) is 0 Å². The fourth-order valence-electron chi connectivity index (χ4n) is 3.47. The number of aromatic nitrogens is 2. The Morgan fingerprint density at radius 1 is 1.33 bits per heavy atom. The number of aromatic amines is 1. The highest BCUT2D eigenvalue weighted by Crippen LogP contribution is 2.32. The Labute approximate surface area is 156 Å². The van der Waals surface area contributed by atoms with Gasteiger partial charge in [-0.2, -0.15) is 0 Å². The average Bonchev–Trinajstić information content (AvgIpc) is 2.79. The van der Waals surface area contributed by atoms with E-state index in [4.69, 9.17) is 4.74 Å². The minimum atomic E-state index is -1.15. The topological polar surface area (TPSA) is 87.6 Å². The maximum Gasteiger partial charge on any atom is 0.326 e. The molecular weight excluding hydrogens is 353 g/mol. The third kappa shape index (κ3) is 4.16. The van der Waals surface area contributed by atoms with Crippen LogP contribution in [0.5, 0.6) is 0 Å². The molecule has 0 aliphatic carbocycles. The Morgan fingerprint density at radius 2 is 1.96 bits per heavy atom. The molecule has 2 aromatic rings. The van der Waals surface area contributed by atoms with Crippen molar-refractivity contribution in [3.63, 3.8) is 0 Å². The van der Waals surface area contributed by atoms with E-state index in [-0.39, 0.29) is 12.1 Å². The Kier molecular flexibility index (Phi) is 4.80. The Morgan fingerprint density at radius 3 is 2.56 bits per heavy atom. The lowest BCUT2D eigenvalue weighted by atomic mass is 9.88. The molecule has 0 bridgehead atoms. The Balaban J connectivity index is 1.73. The first-order valence-electron chi connectivity index (χ1n) is 9.05. The molecule has 0 unspecified atom stereocenters. The van der Waals surface area contributed by atoms with E-state index in [9.17, 15) is 19.1 Å². The molecule has 27 heavy (non-hydrogen) atoms. The van der Waals surface area contributed by atoms with E-state index in [1.807, 2.05) is 4.90 Å². The van der Waals surface area contributed by atoms with Crippen LogP contribution in [0.25, 0.3) is 11.0 Å². The monoisotopic (exact) mass is 379 g/mol. The molecule has 3 rings (SSSR count). The van der Waals surface area contributed by atoms with Crippen molar-refractivity contribution in [1.82, 2.24) is 9.55 Å². The summed E-state index contributed by atoms with van der Waals surface area (Å²) in [6.45, 7) is 6.15. The number of imidazole rings is 1. The zero-order valence-electron chi connectivity index (χ0n) is 16.1. The number of aliphatic hydroxyl groups is 1. The van der Waals surface area contributed by atoms with Gasteiger partial charge in [0, 0.05) is 26.2 Å². The number of anilines is 1. The zero-order valence-corrected chi connectivity index (χ0v) is 16.1. The molecule has 2 heterocycles. The SMILES string of the molecule is Cn1c(=O)[nH]c2cc(F)c(N3CCC(O)(CC(=O)OC(C)(C)C)CC3)cc21. The van der Waals surface area contributed by atoms with Crippen LogP contribution in [0.15, 0.2) is 16.9 Å². The van der Waals surface area contributed by atoms with Crippen LogP contribution in [0.2, 0.25) is 0 Å². The van der Waals surface area contributed by atoms with Crippen molar-refractivity contribution in [3.05, 3.63) is 28.4 Å². The van der Waals surface area contributed by atoms with Gasteiger partial charge < -0.3 is 19.7 Å². The van der Waals surface area contributed by atoms with Crippen molar-refractivity contribution in [2.45, 2.75) is 51.2 Å². The molecule has 1 fully saturated rings. The van der Waals surface area contributed by atoms with Crippen LogP contribution in [0.4, 0.5) is 10.1 Å². The van der Waals surface area contributed by atoms with Gasteiger partial charge in [-0.25, -0.2) is 9.18 Å². The van der Waals surface area contributed by atoms with Gasteiger partial charge in [-0.15, -0.1) is 0 Å². The van der Waals surface area contributed by atoms with E-state index < -0.39 is 23.0 Å². The van der Waals surface area contributed by atoms with Crippen LogP contribution >= 0.6 is 0 Å². The van der Waals surface area contributed by atoms with Gasteiger partial charge in [0.05, 0.1) is 28.7 Å². The minimum Gasteiger partial charge on any atom is -0.460 e. The van der Waals surface area contributed by atoms with Crippen molar-refractivity contribution < 1.29 is 19.0 Å². The van der Waals surface area contributed by atoms with Crippen LogP contribution in [0.1, 0.15) is 40.0 Å². The second-order valence-corrected chi connectivity index (χ2v) is 8.28. The van der Waals surface area contributed by atoms with E-state index in [1.54, 1.807) is 33.9 Å². The van der Waals surface area contributed by atoms with Gasteiger partial charge >= 0.3 is 11.7 Å². The summed E-state index contributed by atoms with van der Waals surface area (Å²) in [5, 5.41) is 10.7. The fourth-order valence-corrected chi connectivity index (χ4v) is 3.47. The molecule has 1 aliphatic heterocycles. The summed E-state index contributed by atoms with van der Waals surface area (Å²) in [5.74, 6) is -0.865. The molecular formula is C19H26FN3O4. The first-order chi connectivity index (χ1) is 12.5. The first kappa shape index (κ1) is 19.4. The quantitative estimate of drug-likeness (QED) is 0.797. The highest BCUT2D eigenvalue weighted by atomic mass is 19.1. The number of nitrogens with one attached hydrogen (secondary N) is 1. The largest absolute Gasteiger partial charge is 0.460 e. The highest BCUT2D eigenvalue weighted by molar-refractivity contribution is 5.80. The van der Waals surface area contributed by atoms with Gasteiger partial charge in [-0.1, -0.05) is 0 Å². The molecule has 0 amide bonds. The number of hydrogen-bond donors (Lipinski definition) is 2. The predicted octanol–water partition coefficient (Wildman–Crippen LogP) is 2.07. The Hall–Kier alpha value is -2.35. The molecule has 1 aromatic carbocycles. The summed E-state index contributed by atoms with van der Waals surface area (Å²) in [5.41, 5.74) is -0.601. The summed E-state index contributed by atoms with van der Waals surface area (Å²) in [6.07, 6.45) is 0.581. The number of piperidine rings is 1. The molecule has 1 saturated heterocycles. The smallest absolute Gasteiger partial charge is 0.326 e. The zero-order chi connectivity index (χ0) is 20.0. The lowest BCUT2D eigenvalue weighted by molar-refractivity contribution is -0.161. The van der Waals surface area contributed by atoms with E-state index in [0.717, 1.165) is 0 Å². The second-order valence-electron chi connectivity index (χ2n) is 8.28. The summed E-state index contributed by atoms with van der Waals surface area (Å²) in [4.78, 5) is 28.2. The van der Waals surface area contributed by atoms with Gasteiger partial charge in [-0.3, -0.25) is 9.36 Å². The summed E-state index contributed by atoms with van der Waals surface area (Å²) in [7, 11) is 1.62. The van der Waals surface area contributed by atoms with Crippen LogP contribution in [0.3, 0.4) is 0 Å². The second kappa shape index (κ2) is 6.67. The van der Waals surface area contributed by atoms with E-state index in [0.29, 0.717) is 42.7 Å². The highest BCUT2D eigenvalue weighted by Gasteiger charge is 2.36. The molecule has 8 heteroatoms. The maximum atomic E-state index is 14.5. The number of H-pyrrole nitrogens is 1. The lowest BCUT2D eigenvalue weighted by Gasteiger charge is -2.39. The minimum absolute atomic E-state index is 0.0774. The van der Waals surface area contributed by atoms with Gasteiger partial charge in [0.2, 0.25) is 0 Å². The third-order valence-electron chi connectivity index (χ3n) is 4.90. The molecule has 148 valence electrons. The summed E-state index contributed by atoms with van der Waals surface area (Å²) >= 11 is 0. The molecule has 0 saturated carbocycles. The van der Waals surface area contributed by atoms with Crippen LogP contribution in [-0.4, -0.2) is 44.9 Å². The molecule has 1 aromatic heterocycles. The molecule has 2 N–H and O–H groups in total. The van der Waals surface area contributed by atoms with Crippen molar-refractivity contribution in [3.8, 4) is 0 Å². The van der Waals surface area contributed by atoms with Gasteiger partial charge in [-0.05, 0) is 39.7 Å². The number of aryl methyl sites for hydroxylation is 1. The Bertz CT molecular complexity index is 917. The van der Waals surface area contributed by atoms with Crippen LogP contribution in [0, 0.1) is 5.82 Å². The number of esters is 1. The molecule has 7 nitrogen and oxygen atoms in total. The van der Waals surface area contributed by atoms with Crippen molar-refractivity contribution in [2.24, 2.45) is 7.05 Å². The van der Waals surface area contributed by atoms with Crippen molar-refractivity contribution >= 4 is 22.7 Å². The fraction of sp³-hybridized carbons (Fsp3) is 0.579. The number of benzene rings is 1. The number of ether oxygens (including phenoxy) is 1. The first-order valence-corrected chi connectivity index (χ1v) is 9.05. The molecule has 0 spiro atoms. The van der Waals surface area contributed by atoms with E-state index in [1.165, 1.54) is 10.6 Å². The van der Waals surface area contributed by atoms with Crippen LogP contribution < -0.4 is 10.6 Å². The average molecular weight is 379 g/mol. The van der Waals surface area contributed by atoms with Gasteiger partial charge in [0.1, 0.15) is 11.4 Å². The number of carbonyl (C=O) groups is 1. The number of hydrogen-bond acceptors (Lipinski definition) is 5. The molecule has 0 radical (unpaired) electrons. The van der Waals surface area contributed by atoms with Gasteiger partial charge in [0.15, 0.2) is 0 Å². The summed E-state index contributed by atoms with van der Waals surface area (Å²) < 4.78 is 21.2. The molecule has 1 aliphatic rings.